The van der Waals surface area contributed by atoms with Gasteiger partial charge in [-0.05, 0) is 48.8 Å². The minimum atomic E-state index is -4.15. The van der Waals surface area contributed by atoms with Crippen molar-refractivity contribution in [1.29, 1.82) is 0 Å². The normalized spacial score (nSPS) is 39.8. The summed E-state index contributed by atoms with van der Waals surface area (Å²) in [6.45, 7) is -5.95. The Morgan fingerprint density at radius 2 is 1.93 bits per heavy atom. The van der Waals surface area contributed by atoms with Crippen molar-refractivity contribution in [1.82, 2.24) is 34.5 Å². The van der Waals surface area contributed by atoms with Crippen molar-refractivity contribution >= 4 is 72.0 Å². The molecule has 2 saturated heterocycles. The Hall–Kier alpha value is -2.42. The third kappa shape index (κ3) is 5.50. The van der Waals surface area contributed by atoms with Gasteiger partial charge in [0.15, 0.2) is 40.4 Å². The molecule has 1 aliphatic carbocycles. The molecule has 3 unspecified atom stereocenters. The second kappa shape index (κ2) is 11.3. The zero-order valence-corrected chi connectivity index (χ0v) is 27.5. The lowest BCUT2D eigenvalue weighted by atomic mass is 9.98. The first kappa shape index (κ1) is 32.1. The molecule has 6 heterocycles. The molecule has 2 bridgehead atoms. The fraction of sp³-hybridized carbons (Fsp3) is 0.609. The van der Waals surface area contributed by atoms with Crippen LogP contribution in [0.3, 0.4) is 0 Å². The van der Waals surface area contributed by atoms with Gasteiger partial charge in [0, 0.05) is 12.6 Å². The number of nitrogens with two attached hydrogens (primary N) is 1. The van der Waals surface area contributed by atoms with Crippen molar-refractivity contribution in [3.8, 4) is 0 Å². The lowest BCUT2D eigenvalue weighted by molar-refractivity contribution is -0.0645. The van der Waals surface area contributed by atoms with Crippen LogP contribution in [0.25, 0.3) is 11.2 Å². The van der Waals surface area contributed by atoms with Crippen LogP contribution in [0.1, 0.15) is 49.4 Å². The highest BCUT2D eigenvalue weighted by molar-refractivity contribution is 8.07. The van der Waals surface area contributed by atoms with Gasteiger partial charge in [0.05, 0.1) is 31.7 Å². The van der Waals surface area contributed by atoms with Crippen molar-refractivity contribution in [2.45, 2.75) is 62.9 Å². The summed E-state index contributed by atoms with van der Waals surface area (Å²) in [5.41, 5.74) is 2.98. The van der Waals surface area contributed by atoms with Gasteiger partial charge in [-0.3, -0.25) is 19.1 Å². The number of halogens is 1. The molecule has 3 aliphatic heterocycles. The number of alkyl halides is 1. The largest absolute Gasteiger partial charge is 0.369 e. The molecule has 4 aliphatic rings. The summed E-state index contributed by atoms with van der Waals surface area (Å²) in [4.78, 5) is 62.1. The van der Waals surface area contributed by atoms with E-state index in [2.05, 4.69) is 30.3 Å². The smallest absolute Gasteiger partial charge is 0.325 e. The molecule has 0 spiro atoms. The summed E-state index contributed by atoms with van der Waals surface area (Å²) >= 11 is 10.7. The molecular formula is C23H28FN9O9P2S2. The molecule has 10 atom stereocenters. The Morgan fingerprint density at radius 1 is 1.20 bits per heavy atom. The summed E-state index contributed by atoms with van der Waals surface area (Å²) in [5.74, 6) is -1.22. The quantitative estimate of drug-likeness (QED) is 0.274. The second-order valence-electron chi connectivity index (χ2n) is 11.6. The Kier molecular flexibility index (Phi) is 7.92. The number of aromatic nitrogens is 7. The van der Waals surface area contributed by atoms with Gasteiger partial charge in [-0.25, -0.2) is 14.4 Å². The lowest BCUT2D eigenvalue weighted by Gasteiger charge is -2.30. The van der Waals surface area contributed by atoms with E-state index in [1.54, 1.807) is 4.57 Å². The van der Waals surface area contributed by atoms with Gasteiger partial charge in [0.25, 0.3) is 5.56 Å². The Labute approximate surface area is 268 Å². The molecule has 46 heavy (non-hydrogen) atoms. The molecule has 7 rings (SSSR count). The van der Waals surface area contributed by atoms with Crippen LogP contribution in [0.5, 0.6) is 0 Å². The van der Waals surface area contributed by atoms with E-state index >= 15 is 4.39 Å². The highest BCUT2D eigenvalue weighted by Gasteiger charge is 2.60. The summed E-state index contributed by atoms with van der Waals surface area (Å²) in [7, 11) is 0. The molecule has 0 amide bonds. The number of nitrogen functional groups attached to an aromatic ring is 1. The fourth-order valence-corrected chi connectivity index (χ4v) is 9.41. The van der Waals surface area contributed by atoms with Crippen LogP contribution >= 0.6 is 13.4 Å². The Bertz CT molecular complexity index is 1920. The summed E-state index contributed by atoms with van der Waals surface area (Å²) in [5, 5.41) is 7.75. The van der Waals surface area contributed by atoms with Crippen molar-refractivity contribution in [2.75, 3.05) is 18.9 Å². The number of fused-ring (bicyclic) bond motifs is 5. The molecule has 3 aromatic rings. The number of imidazole rings is 1. The third-order valence-corrected chi connectivity index (χ3v) is 11.8. The van der Waals surface area contributed by atoms with Crippen molar-refractivity contribution in [3.05, 3.63) is 22.4 Å². The number of nitrogens with one attached hydrogen (secondary N) is 1. The highest BCUT2D eigenvalue weighted by Crippen LogP contribution is 2.58. The van der Waals surface area contributed by atoms with E-state index in [1.807, 2.05) is 6.92 Å². The number of hydrogen-bond donors (Lipinski definition) is 4. The van der Waals surface area contributed by atoms with Gasteiger partial charge in [-0.15, -0.1) is 5.10 Å². The Morgan fingerprint density at radius 3 is 2.72 bits per heavy atom. The molecule has 23 heteroatoms. The first-order valence-corrected chi connectivity index (χ1v) is 19.2. The van der Waals surface area contributed by atoms with Gasteiger partial charge in [0.1, 0.15) is 12.2 Å². The number of anilines is 1. The first-order chi connectivity index (χ1) is 21.6. The van der Waals surface area contributed by atoms with E-state index in [0.29, 0.717) is 6.42 Å². The van der Waals surface area contributed by atoms with Gasteiger partial charge < -0.3 is 38.4 Å². The summed E-state index contributed by atoms with van der Waals surface area (Å²) < 4.78 is 48.6. The topological polar surface area (TPSA) is 236 Å². The molecule has 5 N–H and O–H groups in total. The van der Waals surface area contributed by atoms with Gasteiger partial charge >= 0.3 is 13.4 Å². The van der Waals surface area contributed by atoms with E-state index in [4.69, 9.17) is 52.2 Å². The number of carbonyl (C=O) groups excluding carboxylic acids is 1. The van der Waals surface area contributed by atoms with Crippen LogP contribution in [0.4, 0.5) is 16.2 Å². The predicted molar refractivity (Wildman–Crippen MR) is 164 cm³/mol. The number of carbonyl (C=O) groups is 1. The number of hydrogen-bond acceptors (Lipinski definition) is 15. The fourth-order valence-electron chi connectivity index (χ4n) is 6.36. The molecular weight excluding hydrogens is 691 g/mol. The maximum absolute atomic E-state index is 16.7. The van der Waals surface area contributed by atoms with E-state index in [9.17, 15) is 19.4 Å². The van der Waals surface area contributed by atoms with Crippen molar-refractivity contribution in [3.63, 3.8) is 0 Å². The van der Waals surface area contributed by atoms with E-state index in [0.717, 1.165) is 11.6 Å². The van der Waals surface area contributed by atoms with Crippen molar-refractivity contribution < 1.29 is 41.8 Å². The summed E-state index contributed by atoms with van der Waals surface area (Å²) in [6, 6.07) is -0.587. The monoisotopic (exact) mass is 719 g/mol. The molecule has 1 saturated carbocycles. The van der Waals surface area contributed by atoms with E-state index in [-0.39, 0.29) is 59.3 Å². The number of H-pyrrole nitrogens is 1. The molecule has 3 aromatic heterocycles. The Balaban J connectivity index is 1.22. The zero-order valence-electron chi connectivity index (χ0n) is 24.1. The number of aromatic amines is 1. The zero-order chi connectivity index (χ0) is 32.8. The minimum Gasteiger partial charge on any atom is -0.369 e. The van der Waals surface area contributed by atoms with Crippen LogP contribution in [0.15, 0.2) is 16.1 Å². The molecule has 18 nitrogen and oxygen atoms in total. The maximum atomic E-state index is 16.7. The highest BCUT2D eigenvalue weighted by atomic mass is 32.5. The van der Waals surface area contributed by atoms with E-state index < -0.39 is 61.9 Å². The average Bonchev–Trinajstić information content (AvgIpc) is 3.71. The van der Waals surface area contributed by atoms with Gasteiger partial charge in [0.2, 0.25) is 5.95 Å². The lowest BCUT2D eigenvalue weighted by Crippen LogP contribution is -2.42. The maximum Gasteiger partial charge on any atom is 0.325 e. The van der Waals surface area contributed by atoms with Gasteiger partial charge in [-0.2, -0.15) is 9.67 Å². The van der Waals surface area contributed by atoms with Crippen LogP contribution in [-0.4, -0.2) is 93.5 Å². The van der Waals surface area contributed by atoms with Crippen LogP contribution < -0.4 is 11.3 Å². The third-order valence-electron chi connectivity index (χ3n) is 8.68. The number of nitrogens with zero attached hydrogens (tertiary/aromatic N) is 7. The SMILES string of the molecule is C[C@@H]1[C@H]2COP(O)(=S)O[C@@H]3[C@@H](COP(O)(=S)O[C@H]1[C@H](n1cnc4c(=O)[nH]c(N)nc41)C2)O[C@@H](n1nnc2c1N=CCC2=O)C3(C)F. The number of Topliss-reactive ketones (excluding diaryl/α,β-unsaturated/α-hetero) is 1. The van der Waals surface area contributed by atoms with Crippen LogP contribution in [-0.2, 0) is 46.4 Å². The first-order valence-electron chi connectivity index (χ1n) is 14.0. The number of rotatable bonds is 2. The number of ether oxygens (including phenoxy) is 1. The standard InChI is InChI=1S/C23H28FN9O9P2S2/c1-9-10-5-11(32-8-27-15-19(32)28-22(25)29-20(15)35)16(9)41-43(36,45)39-7-13-17(42-44(37,46)38-6-10)23(2,24)21(40-13)33-18-14(30-31-33)12(34)3-4-26-18/h4,8-11,13,16-17,21H,3,5-7H2,1-2H3,(H,36,45)(H,37,46)(H3,25,28,29,35)/t9-,10-,11-,13-,16-,17-,21-,23?,43?,44?/m1/s1. The van der Waals surface area contributed by atoms with Crippen LogP contribution in [0, 0.1) is 11.8 Å². The van der Waals surface area contributed by atoms with Crippen molar-refractivity contribution in [2.24, 2.45) is 16.8 Å². The number of ketones is 1. The average molecular weight is 720 g/mol. The minimum absolute atomic E-state index is 0.0135. The number of aliphatic imine (C=N–C) groups is 1. The van der Waals surface area contributed by atoms with E-state index in [1.165, 1.54) is 12.5 Å². The van der Waals surface area contributed by atoms with Gasteiger partial charge in [-0.1, -0.05) is 12.1 Å². The molecule has 0 radical (unpaired) electrons. The molecule has 0 aromatic carbocycles. The second-order valence-corrected chi connectivity index (χ2v) is 17.2. The van der Waals surface area contributed by atoms with Crippen LogP contribution in [0.2, 0.25) is 0 Å². The summed E-state index contributed by atoms with van der Waals surface area (Å²) in [6.07, 6.45) is -2.23. The molecule has 3 fully saturated rings. The molecule has 248 valence electrons. The predicted octanol–water partition coefficient (Wildman–Crippen LogP) is 1.36.